The normalized spacial score (nSPS) is 21.6. The van der Waals surface area contributed by atoms with E-state index in [1.54, 1.807) is 37.3 Å². The first-order valence-corrected chi connectivity index (χ1v) is 9.25. The van der Waals surface area contributed by atoms with Crippen molar-refractivity contribution in [2.75, 3.05) is 5.32 Å². The van der Waals surface area contributed by atoms with E-state index in [9.17, 15) is 24.6 Å². The van der Waals surface area contributed by atoms with E-state index in [-0.39, 0.29) is 30.0 Å². The lowest BCUT2D eigenvalue weighted by molar-refractivity contribution is -0.161. The van der Waals surface area contributed by atoms with Gasteiger partial charge >= 0.3 is 5.97 Å². The molecule has 3 N–H and O–H groups in total. The third kappa shape index (κ3) is 3.31. The highest BCUT2D eigenvalue weighted by Crippen LogP contribution is 2.46. The van der Waals surface area contributed by atoms with Gasteiger partial charge in [-0.25, -0.2) is 4.79 Å². The molecule has 8 nitrogen and oxygen atoms in total. The topological polar surface area (TPSA) is 120 Å². The van der Waals surface area contributed by atoms with E-state index in [2.05, 4.69) is 5.32 Å². The smallest absolute Gasteiger partial charge is 0.352 e. The molecular weight excluding hydrogens is 376 g/mol. The van der Waals surface area contributed by atoms with Gasteiger partial charge in [-0.05, 0) is 36.1 Å². The molecule has 1 fully saturated rings. The Hall–Kier alpha value is -3.39. The van der Waals surface area contributed by atoms with E-state index < -0.39 is 18.0 Å². The number of aliphatic hydroxyl groups is 1. The molecule has 2 aliphatic heterocycles. The summed E-state index contributed by atoms with van der Waals surface area (Å²) in [6, 6.07) is 8.36. The van der Waals surface area contributed by atoms with Gasteiger partial charge in [0, 0.05) is 0 Å². The first kappa shape index (κ1) is 18.9. The number of benzene rings is 1. The van der Waals surface area contributed by atoms with Gasteiger partial charge in [0.2, 0.25) is 11.8 Å². The van der Waals surface area contributed by atoms with Gasteiger partial charge in [-0.3, -0.25) is 9.59 Å². The van der Waals surface area contributed by atoms with Crippen LogP contribution >= 0.6 is 0 Å². The molecule has 0 radical (unpaired) electrons. The summed E-state index contributed by atoms with van der Waals surface area (Å²) in [5.41, 5.74) is 2.57. The Morgan fingerprint density at radius 3 is 2.59 bits per heavy atom. The number of aliphatic hydroxyl groups excluding tert-OH is 1. The van der Waals surface area contributed by atoms with Crippen molar-refractivity contribution in [2.45, 2.75) is 31.9 Å². The summed E-state index contributed by atoms with van der Waals surface area (Å²) in [6.45, 7) is 1.54. The Morgan fingerprint density at radius 1 is 1.28 bits per heavy atom. The van der Waals surface area contributed by atoms with Crippen LogP contribution in [0.25, 0.3) is 5.57 Å². The summed E-state index contributed by atoms with van der Waals surface area (Å²) < 4.78 is 4.91. The fourth-order valence-corrected chi connectivity index (χ4v) is 4.08. The number of carboxylic acids is 1. The number of nitrogens with zero attached hydrogens (tertiary/aromatic N) is 1. The highest BCUT2D eigenvalue weighted by atomic mass is 16.4. The average Bonchev–Trinajstić information content (AvgIpc) is 3.27. The molecule has 0 unspecified atom stereocenters. The Morgan fingerprint density at radius 2 is 2.00 bits per heavy atom. The Bertz CT molecular complexity index is 991. The number of aliphatic carboxylic acids is 1. The quantitative estimate of drug-likeness (QED) is 0.641. The third-order valence-electron chi connectivity index (χ3n) is 5.40. The zero-order valence-corrected chi connectivity index (χ0v) is 15.7. The molecule has 3 atom stereocenters. The predicted molar refractivity (Wildman–Crippen MR) is 102 cm³/mol. The molecule has 0 aliphatic carbocycles. The number of nitrogens with one attached hydrogen (secondary N) is 1. The van der Waals surface area contributed by atoms with Crippen LogP contribution in [0, 0.1) is 5.92 Å². The van der Waals surface area contributed by atoms with Crippen LogP contribution in [0.2, 0.25) is 0 Å². The van der Waals surface area contributed by atoms with Crippen LogP contribution in [0.3, 0.4) is 0 Å². The Kier molecular flexibility index (Phi) is 4.71. The maximum Gasteiger partial charge on any atom is 0.352 e. The van der Waals surface area contributed by atoms with Crippen LogP contribution in [0.15, 0.2) is 53.0 Å². The van der Waals surface area contributed by atoms with Crippen molar-refractivity contribution in [3.8, 4) is 0 Å². The van der Waals surface area contributed by atoms with Crippen molar-refractivity contribution in [3.63, 3.8) is 0 Å². The van der Waals surface area contributed by atoms with Crippen LogP contribution in [0.1, 0.15) is 24.5 Å². The molecule has 2 aliphatic rings. The van der Waals surface area contributed by atoms with Gasteiger partial charge in [0.25, 0.3) is 0 Å². The maximum absolute atomic E-state index is 12.3. The summed E-state index contributed by atoms with van der Waals surface area (Å²) in [7, 11) is 0. The van der Waals surface area contributed by atoms with Crippen LogP contribution in [-0.2, 0) is 20.8 Å². The van der Waals surface area contributed by atoms with E-state index >= 15 is 0 Å². The van der Waals surface area contributed by atoms with Gasteiger partial charge in [-0.15, -0.1) is 0 Å². The molecule has 3 heterocycles. The molecule has 2 amide bonds. The number of hydrogen-bond acceptors (Lipinski definition) is 5. The highest BCUT2D eigenvalue weighted by Gasteiger charge is 2.56. The molecule has 1 saturated heterocycles. The van der Waals surface area contributed by atoms with Crippen molar-refractivity contribution in [1.29, 1.82) is 0 Å². The van der Waals surface area contributed by atoms with Gasteiger partial charge in [-0.1, -0.05) is 24.3 Å². The van der Waals surface area contributed by atoms with E-state index in [0.717, 1.165) is 5.56 Å². The molecule has 29 heavy (non-hydrogen) atoms. The lowest BCUT2D eigenvalue weighted by atomic mass is 9.82. The first-order chi connectivity index (χ1) is 13.9. The average molecular weight is 396 g/mol. The predicted octanol–water partition coefficient (Wildman–Crippen LogP) is 1.87. The molecule has 8 heteroatoms. The van der Waals surface area contributed by atoms with E-state index in [1.165, 1.54) is 17.4 Å². The third-order valence-corrected chi connectivity index (χ3v) is 5.40. The molecule has 1 aromatic carbocycles. The first-order valence-electron chi connectivity index (χ1n) is 9.25. The number of hydrogen-bond donors (Lipinski definition) is 3. The van der Waals surface area contributed by atoms with Crippen molar-refractivity contribution in [1.82, 2.24) is 4.90 Å². The van der Waals surface area contributed by atoms with E-state index in [4.69, 9.17) is 4.42 Å². The second-order valence-corrected chi connectivity index (χ2v) is 7.31. The largest absolute Gasteiger partial charge is 0.477 e. The number of anilines is 1. The highest BCUT2D eigenvalue weighted by molar-refractivity contribution is 6.06. The van der Waals surface area contributed by atoms with Crippen molar-refractivity contribution >= 4 is 29.0 Å². The number of furan rings is 1. The number of β-lactam (4-membered cyclic amide) rings is 1. The van der Waals surface area contributed by atoms with Crippen LogP contribution in [0.5, 0.6) is 0 Å². The second kappa shape index (κ2) is 7.21. The Balaban J connectivity index is 1.52. The number of carboxylic acid groups (broad SMARTS) is 1. The lowest BCUT2D eigenvalue weighted by Crippen LogP contribution is -2.61. The number of carbonyl (C=O) groups is 3. The summed E-state index contributed by atoms with van der Waals surface area (Å²) in [4.78, 5) is 37.4. The number of amides is 2. The molecule has 0 bridgehead atoms. The lowest BCUT2D eigenvalue weighted by Gasteiger charge is -2.44. The van der Waals surface area contributed by atoms with Gasteiger partial charge in [0.05, 0.1) is 36.4 Å². The minimum atomic E-state index is -1.16. The van der Waals surface area contributed by atoms with Gasteiger partial charge in [-0.2, -0.15) is 0 Å². The fourth-order valence-electron chi connectivity index (χ4n) is 4.08. The minimum absolute atomic E-state index is 0.0256. The maximum atomic E-state index is 12.3. The SMILES string of the molecule is C[C@@H](O)[C@H]1C(=O)N2C(C(=O)O)=C(c3ccc(CC(=O)Nc4ccoc4)cc3)C[C@H]12. The zero-order chi connectivity index (χ0) is 20.7. The van der Waals surface area contributed by atoms with Gasteiger partial charge in [0.15, 0.2) is 0 Å². The van der Waals surface area contributed by atoms with E-state index in [0.29, 0.717) is 23.2 Å². The minimum Gasteiger partial charge on any atom is -0.477 e. The monoisotopic (exact) mass is 396 g/mol. The molecule has 2 aromatic rings. The Labute approximate surface area is 166 Å². The van der Waals surface area contributed by atoms with Crippen LogP contribution in [-0.4, -0.2) is 45.0 Å². The standard InChI is InChI=1S/C21H20N2O6/c1-11(24)18-16-9-15(19(21(27)28)23(16)20(18)26)13-4-2-12(3-5-13)8-17(25)22-14-6-7-29-10-14/h2-7,10-11,16,18,24H,8-9H2,1H3,(H,22,25)(H,27,28)/t11-,16-,18-/m1/s1. The molecule has 0 spiro atoms. The summed E-state index contributed by atoms with van der Waals surface area (Å²) in [5.74, 6) is -2.29. The molecule has 1 aromatic heterocycles. The van der Waals surface area contributed by atoms with Crippen LogP contribution < -0.4 is 5.32 Å². The van der Waals surface area contributed by atoms with Gasteiger partial charge < -0.3 is 24.8 Å². The number of carbonyl (C=O) groups excluding carboxylic acids is 2. The van der Waals surface area contributed by atoms with Crippen molar-refractivity contribution in [2.24, 2.45) is 5.92 Å². The van der Waals surface area contributed by atoms with Crippen LogP contribution in [0.4, 0.5) is 5.69 Å². The molecule has 0 saturated carbocycles. The molecular formula is C21H20N2O6. The summed E-state index contributed by atoms with van der Waals surface area (Å²) in [5, 5.41) is 22.2. The molecule has 4 rings (SSSR count). The summed E-state index contributed by atoms with van der Waals surface area (Å²) in [6.07, 6.45) is 2.62. The van der Waals surface area contributed by atoms with Crippen molar-refractivity contribution in [3.05, 3.63) is 59.7 Å². The van der Waals surface area contributed by atoms with E-state index in [1.807, 2.05) is 0 Å². The summed E-state index contributed by atoms with van der Waals surface area (Å²) >= 11 is 0. The molecule has 150 valence electrons. The number of rotatable bonds is 6. The second-order valence-electron chi connectivity index (χ2n) is 7.31. The fraction of sp³-hybridized carbons (Fsp3) is 0.286. The number of fused-ring (bicyclic) bond motifs is 1. The zero-order valence-electron chi connectivity index (χ0n) is 15.7. The van der Waals surface area contributed by atoms with Gasteiger partial charge in [0.1, 0.15) is 12.0 Å². The van der Waals surface area contributed by atoms with Crippen molar-refractivity contribution < 1.29 is 29.0 Å².